The fourth-order valence-electron chi connectivity index (χ4n) is 4.04. The highest BCUT2D eigenvalue weighted by molar-refractivity contribution is 7.99. The molecule has 4 rings (SSSR count). The summed E-state index contributed by atoms with van der Waals surface area (Å²) in [7, 11) is 1.67. The summed E-state index contributed by atoms with van der Waals surface area (Å²) in [6, 6.07) is 20.3. The summed E-state index contributed by atoms with van der Waals surface area (Å²) < 4.78 is 31.9. The summed E-state index contributed by atoms with van der Waals surface area (Å²) in [6.45, 7) is 3.05. The Morgan fingerprint density at radius 1 is 1.03 bits per heavy atom. The Labute approximate surface area is 198 Å². The van der Waals surface area contributed by atoms with Crippen LogP contribution in [0.4, 0.5) is 4.39 Å². The van der Waals surface area contributed by atoms with E-state index in [9.17, 15) is 9.18 Å². The fourth-order valence-corrected chi connectivity index (χ4v) is 4.98. The van der Waals surface area contributed by atoms with Crippen LogP contribution in [-0.2, 0) is 21.7 Å². The molecule has 0 saturated carbocycles. The normalized spacial score (nSPS) is 15.2. The van der Waals surface area contributed by atoms with Crippen molar-refractivity contribution in [1.82, 2.24) is 0 Å². The molecule has 6 heteroatoms. The minimum Gasteiger partial charge on any atom is -0.488 e. The predicted molar refractivity (Wildman–Crippen MR) is 126 cm³/mol. The first-order valence-electron chi connectivity index (χ1n) is 10.9. The molecule has 1 aliphatic rings. The maximum Gasteiger partial charge on any atom is 0.163 e. The van der Waals surface area contributed by atoms with Crippen molar-refractivity contribution >= 4 is 17.5 Å². The van der Waals surface area contributed by atoms with Gasteiger partial charge in [-0.05, 0) is 54.4 Å². The van der Waals surface area contributed by atoms with Crippen molar-refractivity contribution < 1.29 is 23.4 Å². The minimum absolute atomic E-state index is 0.0655. The average Bonchev–Trinajstić information content (AvgIpc) is 2.83. The Hall–Kier alpha value is -2.67. The highest BCUT2D eigenvalue weighted by atomic mass is 32.2. The van der Waals surface area contributed by atoms with Crippen LogP contribution in [0.25, 0.3) is 0 Å². The van der Waals surface area contributed by atoms with E-state index in [0.29, 0.717) is 44.0 Å². The van der Waals surface area contributed by atoms with E-state index < -0.39 is 5.60 Å². The first-order valence-corrected chi connectivity index (χ1v) is 11.7. The van der Waals surface area contributed by atoms with Crippen molar-refractivity contribution in [3.63, 3.8) is 0 Å². The van der Waals surface area contributed by atoms with Crippen LogP contribution >= 0.6 is 11.8 Å². The van der Waals surface area contributed by atoms with Gasteiger partial charge in [-0.25, -0.2) is 4.39 Å². The SMILES string of the molecule is COC1(c2cc(F)cc(Sc3ccc(C(C)=O)c(OCc4ccccc4)c3)c2)CCOCC1. The maximum atomic E-state index is 14.6. The quantitative estimate of drug-likeness (QED) is 0.359. The van der Waals surface area contributed by atoms with Crippen molar-refractivity contribution in [2.75, 3.05) is 20.3 Å². The number of halogens is 1. The zero-order valence-corrected chi connectivity index (χ0v) is 19.6. The van der Waals surface area contributed by atoms with Gasteiger partial charge in [-0.15, -0.1) is 0 Å². The van der Waals surface area contributed by atoms with Gasteiger partial charge in [0.05, 0.1) is 11.2 Å². The van der Waals surface area contributed by atoms with E-state index in [4.69, 9.17) is 14.2 Å². The van der Waals surface area contributed by atoms with Gasteiger partial charge < -0.3 is 14.2 Å². The topological polar surface area (TPSA) is 44.8 Å². The van der Waals surface area contributed by atoms with E-state index in [1.54, 1.807) is 19.2 Å². The second-order valence-corrected chi connectivity index (χ2v) is 9.22. The van der Waals surface area contributed by atoms with E-state index >= 15 is 0 Å². The van der Waals surface area contributed by atoms with Gasteiger partial charge in [0.1, 0.15) is 18.2 Å². The lowest BCUT2D eigenvalue weighted by Crippen LogP contribution is -2.35. The summed E-state index contributed by atoms with van der Waals surface area (Å²) >= 11 is 1.43. The molecule has 0 spiro atoms. The Balaban J connectivity index is 1.59. The van der Waals surface area contributed by atoms with Gasteiger partial charge >= 0.3 is 0 Å². The standard InChI is InChI=1S/C27H27FO4S/c1-19(29)25-9-8-23(17-26(25)32-18-20-6-4-3-5-7-20)33-24-15-21(14-22(28)16-24)27(30-2)10-12-31-13-11-27/h3-9,14-17H,10-13,18H2,1-2H3. The van der Waals surface area contributed by atoms with Crippen molar-refractivity contribution in [1.29, 1.82) is 0 Å². The summed E-state index contributed by atoms with van der Waals surface area (Å²) in [5.74, 6) is 0.147. The molecule has 4 nitrogen and oxygen atoms in total. The second kappa shape index (κ2) is 10.5. The molecule has 3 aromatic rings. The molecule has 0 atom stereocenters. The maximum absolute atomic E-state index is 14.6. The summed E-state index contributed by atoms with van der Waals surface area (Å²) in [6.07, 6.45) is 1.36. The molecule has 1 aliphatic heterocycles. The van der Waals surface area contributed by atoms with E-state index in [-0.39, 0.29) is 11.6 Å². The minimum atomic E-state index is -0.544. The fraction of sp³-hybridized carbons (Fsp3) is 0.296. The zero-order chi connectivity index (χ0) is 23.3. The summed E-state index contributed by atoms with van der Waals surface area (Å²) in [4.78, 5) is 13.7. The number of hydrogen-bond donors (Lipinski definition) is 0. The summed E-state index contributed by atoms with van der Waals surface area (Å²) in [5, 5.41) is 0. The molecule has 33 heavy (non-hydrogen) atoms. The van der Waals surface area contributed by atoms with Gasteiger partial charge in [-0.1, -0.05) is 42.1 Å². The van der Waals surface area contributed by atoms with Crippen LogP contribution in [0.15, 0.2) is 76.5 Å². The molecule has 0 bridgehead atoms. The van der Waals surface area contributed by atoms with Gasteiger partial charge in [0.25, 0.3) is 0 Å². The van der Waals surface area contributed by atoms with Gasteiger partial charge in [0.15, 0.2) is 5.78 Å². The molecular formula is C27H27FO4S. The van der Waals surface area contributed by atoms with Crippen LogP contribution in [0.2, 0.25) is 0 Å². The summed E-state index contributed by atoms with van der Waals surface area (Å²) in [5.41, 5.74) is 1.81. The van der Waals surface area contributed by atoms with E-state index in [1.165, 1.54) is 24.8 Å². The number of carbonyl (C=O) groups excluding carboxylic acids is 1. The molecule has 0 aliphatic carbocycles. The number of methoxy groups -OCH3 is 1. The average molecular weight is 467 g/mol. The van der Waals surface area contributed by atoms with Crippen LogP contribution in [0.5, 0.6) is 5.75 Å². The van der Waals surface area contributed by atoms with Crippen molar-refractivity contribution in [2.45, 2.75) is 41.8 Å². The van der Waals surface area contributed by atoms with Crippen LogP contribution in [0.3, 0.4) is 0 Å². The zero-order valence-electron chi connectivity index (χ0n) is 18.8. The van der Waals surface area contributed by atoms with Gasteiger partial charge in [0, 0.05) is 43.0 Å². The highest BCUT2D eigenvalue weighted by Gasteiger charge is 2.35. The Morgan fingerprint density at radius 3 is 2.48 bits per heavy atom. The molecule has 0 radical (unpaired) electrons. The lowest BCUT2D eigenvalue weighted by molar-refractivity contribution is -0.0950. The molecule has 0 unspecified atom stereocenters. The van der Waals surface area contributed by atoms with Crippen molar-refractivity contribution in [2.24, 2.45) is 0 Å². The number of ketones is 1. The molecule has 1 saturated heterocycles. The third-order valence-corrected chi connectivity index (χ3v) is 6.85. The Morgan fingerprint density at radius 2 is 1.79 bits per heavy atom. The number of Topliss-reactive ketones (excluding diaryl/α,β-unsaturated/α-hetero) is 1. The Kier molecular flexibility index (Phi) is 7.48. The molecule has 172 valence electrons. The van der Waals surface area contributed by atoms with Gasteiger partial charge in [-0.3, -0.25) is 4.79 Å². The highest BCUT2D eigenvalue weighted by Crippen LogP contribution is 2.39. The van der Waals surface area contributed by atoms with Gasteiger partial charge in [0.2, 0.25) is 0 Å². The van der Waals surface area contributed by atoms with E-state index in [2.05, 4.69) is 0 Å². The molecule has 0 amide bonds. The monoisotopic (exact) mass is 466 g/mol. The van der Waals surface area contributed by atoms with Crippen molar-refractivity contribution in [3.05, 3.63) is 89.2 Å². The smallest absolute Gasteiger partial charge is 0.163 e. The second-order valence-electron chi connectivity index (χ2n) is 8.08. The number of benzene rings is 3. The van der Waals surface area contributed by atoms with Crippen LogP contribution in [0.1, 0.15) is 41.3 Å². The van der Waals surface area contributed by atoms with Crippen LogP contribution in [-0.4, -0.2) is 26.1 Å². The lowest BCUT2D eigenvalue weighted by atomic mass is 9.86. The van der Waals surface area contributed by atoms with Crippen molar-refractivity contribution in [3.8, 4) is 5.75 Å². The van der Waals surface area contributed by atoms with Crippen LogP contribution < -0.4 is 4.74 Å². The molecule has 0 aromatic heterocycles. The van der Waals surface area contributed by atoms with Gasteiger partial charge in [-0.2, -0.15) is 0 Å². The van der Waals surface area contributed by atoms with E-state index in [0.717, 1.165) is 20.9 Å². The number of ether oxygens (including phenoxy) is 3. The molecule has 1 heterocycles. The number of hydrogen-bond acceptors (Lipinski definition) is 5. The first kappa shape index (κ1) is 23.5. The van der Waals surface area contributed by atoms with E-state index in [1.807, 2.05) is 48.5 Å². The largest absolute Gasteiger partial charge is 0.488 e. The molecule has 0 N–H and O–H groups in total. The predicted octanol–water partition coefficient (Wildman–Crippen LogP) is 6.41. The third kappa shape index (κ3) is 5.64. The van der Waals surface area contributed by atoms with Crippen LogP contribution in [0, 0.1) is 5.82 Å². The third-order valence-electron chi connectivity index (χ3n) is 5.89. The molecule has 3 aromatic carbocycles. The molecular weight excluding hydrogens is 439 g/mol. The first-order chi connectivity index (χ1) is 16.0. The Bertz CT molecular complexity index is 1110. The number of rotatable bonds is 8. The molecule has 1 fully saturated rings. The number of carbonyl (C=O) groups is 1. The lowest BCUT2D eigenvalue weighted by Gasteiger charge is -2.36.